The van der Waals surface area contributed by atoms with Gasteiger partial charge in [0, 0.05) is 52.6 Å². The van der Waals surface area contributed by atoms with Gasteiger partial charge in [-0.05, 0) is 139 Å². The molecule has 2 bridgehead atoms. The molecule has 4 aliphatic rings. The fourth-order valence-electron chi connectivity index (χ4n) is 10.8. The van der Waals surface area contributed by atoms with Crippen LogP contribution in [-0.2, 0) is 47.6 Å². The van der Waals surface area contributed by atoms with Crippen molar-refractivity contribution in [2.75, 3.05) is 27.9 Å². The molecule has 1 saturated carbocycles. The number of methoxy groups -OCH3 is 3. The zero-order valence-electron chi connectivity index (χ0n) is 44.4. The molecular weight excluding hydrogens is 879 g/mol. The second-order valence-electron chi connectivity index (χ2n) is 22.0. The molecule has 3 fully saturated rings. The van der Waals surface area contributed by atoms with E-state index >= 15 is 0 Å². The lowest BCUT2D eigenvalue weighted by molar-refractivity contribution is -0.265. The van der Waals surface area contributed by atoms with E-state index in [0.717, 1.165) is 36.8 Å². The summed E-state index contributed by atoms with van der Waals surface area (Å²) in [4.78, 5) is 58.7. The highest BCUT2D eigenvalue weighted by atomic mass is 16.6. The van der Waals surface area contributed by atoms with Crippen LogP contribution in [0.5, 0.6) is 0 Å². The highest BCUT2D eigenvalue weighted by Gasteiger charge is 2.53. The summed E-state index contributed by atoms with van der Waals surface area (Å²) in [5, 5.41) is 23.7. The zero-order chi connectivity index (χ0) is 51.4. The number of hydrogen-bond donors (Lipinski definition) is 2. The number of allylic oxidation sites excluding steroid dienone is 6. The predicted octanol–water partition coefficient (Wildman–Crippen LogP) is 8.99. The molecule has 1 amide bonds. The lowest BCUT2D eigenvalue weighted by Gasteiger charge is -2.42. The van der Waals surface area contributed by atoms with Crippen molar-refractivity contribution >= 4 is 23.4 Å². The molecule has 0 aromatic carbocycles. The van der Waals surface area contributed by atoms with E-state index < -0.39 is 65.7 Å². The topological polar surface area (TPSA) is 167 Å². The molecule has 0 aromatic heterocycles. The van der Waals surface area contributed by atoms with Crippen molar-refractivity contribution in [1.82, 2.24) is 4.90 Å². The van der Waals surface area contributed by atoms with Gasteiger partial charge in [0.15, 0.2) is 0 Å². The van der Waals surface area contributed by atoms with Gasteiger partial charge in [-0.25, -0.2) is 4.79 Å². The van der Waals surface area contributed by atoms with Crippen LogP contribution in [-0.4, -0.2) is 127 Å². The summed E-state index contributed by atoms with van der Waals surface area (Å²) in [6, 6.07) is -1.11. The molecule has 0 aromatic rings. The second kappa shape index (κ2) is 26.4. The minimum absolute atomic E-state index is 0.00576. The van der Waals surface area contributed by atoms with Gasteiger partial charge in [-0.1, -0.05) is 77.7 Å². The number of carbonyl (C=O) groups is 4. The van der Waals surface area contributed by atoms with Gasteiger partial charge in [-0.15, -0.1) is 0 Å². The Bertz CT molecular complexity index is 1860. The van der Waals surface area contributed by atoms with Crippen molar-refractivity contribution in [3.05, 3.63) is 59.8 Å². The molecule has 15 atom stereocenters. The maximum Gasteiger partial charge on any atom is 0.329 e. The number of hydrogen-bond acceptors (Lipinski definition) is 12. The third-order valence-corrected chi connectivity index (χ3v) is 15.2. The molecule has 13 heteroatoms. The van der Waals surface area contributed by atoms with E-state index in [-0.39, 0.29) is 72.8 Å². The number of fused-ring (bicyclic) bond motifs is 3. The molecule has 2 saturated heterocycles. The summed E-state index contributed by atoms with van der Waals surface area (Å²) in [5.74, 6) is -6.63. The molecule has 2 N–H and O–H groups in total. The van der Waals surface area contributed by atoms with Crippen molar-refractivity contribution in [2.45, 2.75) is 206 Å². The number of rotatable bonds is 7. The standard InChI is InChI=1S/C56H89NO12/c1-34-20-16-15-17-21-35(2)47(64-12)32-43-25-23-40(7)56(63,68-43)52(60)53(61)57-27-19-18-22-44(57)54(62)67-48(38(5)30-42-24-26-46(49(31-42)65-13)69-55(9,10)11)33-45(58)37(4)29-39(6)50(59)51(66-14)41(8)36(3)28-34/h15-17,20-21,29,34,36-38,40,42-44,46-51,59,63H,8,18-19,22-28,30-33H2,1-7,9-14H3/b17-15+,20-16+,35-21+,39-29+/t34-,36-,37-,38-,40-,42?,43+,44+,46-,47+,48+,49-,50-,51+,56-/m1/s1. The molecule has 0 radical (unpaired) electrons. The Balaban J connectivity index is 1.70. The first-order valence-electron chi connectivity index (χ1n) is 25.8. The van der Waals surface area contributed by atoms with Gasteiger partial charge < -0.3 is 43.5 Å². The lowest BCUT2D eigenvalue weighted by atomic mass is 9.78. The van der Waals surface area contributed by atoms with Crippen LogP contribution in [0.25, 0.3) is 0 Å². The minimum Gasteiger partial charge on any atom is -0.460 e. The van der Waals surface area contributed by atoms with Gasteiger partial charge in [0.05, 0.1) is 30.0 Å². The van der Waals surface area contributed by atoms with E-state index in [1.54, 1.807) is 48.2 Å². The number of ketones is 2. The summed E-state index contributed by atoms with van der Waals surface area (Å²) >= 11 is 0. The van der Waals surface area contributed by atoms with Crippen molar-refractivity contribution < 1.29 is 57.8 Å². The normalized spacial score (nSPS) is 39.0. The van der Waals surface area contributed by atoms with Gasteiger partial charge in [0.25, 0.3) is 11.7 Å². The largest absolute Gasteiger partial charge is 0.460 e. The number of nitrogens with zero attached hydrogens (tertiary/aromatic N) is 1. The Labute approximate surface area is 414 Å². The Morgan fingerprint density at radius 2 is 1.58 bits per heavy atom. The highest BCUT2D eigenvalue weighted by Crippen LogP contribution is 2.39. The van der Waals surface area contributed by atoms with E-state index in [4.69, 9.17) is 28.4 Å². The molecule has 390 valence electrons. The van der Waals surface area contributed by atoms with E-state index in [0.29, 0.717) is 44.1 Å². The Hall–Kier alpha value is -3.30. The first-order chi connectivity index (χ1) is 32.4. The van der Waals surface area contributed by atoms with E-state index in [2.05, 4.69) is 26.5 Å². The van der Waals surface area contributed by atoms with Gasteiger partial charge in [0.2, 0.25) is 5.79 Å². The maximum atomic E-state index is 14.5. The molecule has 1 unspecified atom stereocenters. The Morgan fingerprint density at radius 1 is 0.870 bits per heavy atom. The van der Waals surface area contributed by atoms with Crippen LogP contribution in [0.15, 0.2) is 59.8 Å². The lowest BCUT2D eigenvalue weighted by Crippen LogP contribution is -2.61. The van der Waals surface area contributed by atoms with Crippen LogP contribution in [0.4, 0.5) is 0 Å². The van der Waals surface area contributed by atoms with Crippen molar-refractivity contribution in [1.29, 1.82) is 0 Å². The van der Waals surface area contributed by atoms with E-state index in [1.165, 1.54) is 4.90 Å². The summed E-state index contributed by atoms with van der Waals surface area (Å²) in [6.45, 7) is 24.0. The SMILES string of the molecule is C=C1[C@H](C)C[C@H](C)/C=C/C=C/C=C(\C)[C@@H](OC)C[C@@H]2CC[C@@H](C)[C@@](O)(O2)C(=O)C(=O)N2CCCC[C@H]2C(=O)O[C@H]([C@H](C)CC2CC[C@@H](OC(C)(C)C)[C@H](OC)C2)CC(=O)[C@H](C)/C=C(\C)[C@@H](O)[C@H]1OC. The number of piperidine rings is 1. The number of aliphatic hydroxyl groups is 2. The third-order valence-electron chi connectivity index (χ3n) is 15.2. The van der Waals surface area contributed by atoms with Crippen LogP contribution in [0.3, 0.4) is 0 Å². The van der Waals surface area contributed by atoms with Gasteiger partial charge in [0.1, 0.15) is 30.1 Å². The van der Waals surface area contributed by atoms with Crippen LogP contribution in [0, 0.1) is 35.5 Å². The maximum absolute atomic E-state index is 14.5. The van der Waals surface area contributed by atoms with Crippen molar-refractivity contribution in [3.8, 4) is 0 Å². The smallest absolute Gasteiger partial charge is 0.329 e. The first-order valence-corrected chi connectivity index (χ1v) is 25.8. The summed E-state index contributed by atoms with van der Waals surface area (Å²) < 4.78 is 36.6. The summed E-state index contributed by atoms with van der Waals surface area (Å²) in [7, 11) is 4.85. The zero-order valence-corrected chi connectivity index (χ0v) is 44.4. The number of cyclic esters (lactones) is 1. The average Bonchev–Trinajstić information content (AvgIpc) is 3.30. The number of Topliss-reactive ketones (excluding diaryl/α,β-unsaturated/α-hetero) is 2. The van der Waals surface area contributed by atoms with Crippen molar-refractivity contribution in [3.63, 3.8) is 0 Å². The Kier molecular flexibility index (Phi) is 22.3. The second-order valence-corrected chi connectivity index (χ2v) is 22.0. The number of amides is 1. The van der Waals surface area contributed by atoms with Crippen LogP contribution in [0.1, 0.15) is 146 Å². The molecule has 4 rings (SSSR count). The molecule has 3 aliphatic heterocycles. The average molecular weight is 968 g/mol. The van der Waals surface area contributed by atoms with Crippen molar-refractivity contribution in [2.24, 2.45) is 35.5 Å². The fraction of sp³-hybridized carbons (Fsp3) is 0.750. The van der Waals surface area contributed by atoms with Gasteiger partial charge in [-0.3, -0.25) is 14.4 Å². The number of carbonyl (C=O) groups excluding carboxylic acids is 4. The summed E-state index contributed by atoms with van der Waals surface area (Å²) in [5.41, 5.74) is 1.90. The minimum atomic E-state index is -2.41. The van der Waals surface area contributed by atoms with Gasteiger partial charge in [-0.2, -0.15) is 0 Å². The van der Waals surface area contributed by atoms with Crippen LogP contribution < -0.4 is 0 Å². The quantitative estimate of drug-likeness (QED) is 0.141. The molecule has 0 spiro atoms. The highest BCUT2D eigenvalue weighted by molar-refractivity contribution is 6.39. The van der Waals surface area contributed by atoms with Crippen LogP contribution >= 0.6 is 0 Å². The van der Waals surface area contributed by atoms with E-state index in [9.17, 15) is 29.4 Å². The number of esters is 1. The monoisotopic (exact) mass is 968 g/mol. The third kappa shape index (κ3) is 16.1. The fourth-order valence-corrected chi connectivity index (χ4v) is 10.8. The molecule has 13 nitrogen and oxygen atoms in total. The molecular formula is C56H89NO12. The number of aliphatic hydroxyl groups excluding tert-OH is 1. The number of ether oxygens (including phenoxy) is 6. The molecule has 3 heterocycles. The molecule has 69 heavy (non-hydrogen) atoms. The van der Waals surface area contributed by atoms with Gasteiger partial charge >= 0.3 is 5.97 Å². The first kappa shape index (κ1) is 58.3. The molecule has 1 aliphatic carbocycles. The van der Waals surface area contributed by atoms with Crippen LogP contribution in [0.2, 0.25) is 0 Å². The Morgan fingerprint density at radius 3 is 2.23 bits per heavy atom. The van der Waals surface area contributed by atoms with E-state index in [1.807, 2.05) is 58.9 Å². The predicted molar refractivity (Wildman–Crippen MR) is 268 cm³/mol. The summed E-state index contributed by atoms with van der Waals surface area (Å²) in [6.07, 6.45) is 14.4.